The zero-order valence-corrected chi connectivity index (χ0v) is 10.8. The van der Waals surface area contributed by atoms with Crippen molar-refractivity contribution in [3.05, 3.63) is 59.7 Å². The molecule has 3 rings (SSSR count). The molecule has 1 aliphatic heterocycles. The van der Waals surface area contributed by atoms with Crippen LogP contribution in [0.15, 0.2) is 48.5 Å². The van der Waals surface area contributed by atoms with Gasteiger partial charge in [0.1, 0.15) is 5.75 Å². The molecule has 0 aliphatic carbocycles. The molecule has 0 saturated carbocycles. The third-order valence-corrected chi connectivity index (χ3v) is 3.11. The van der Waals surface area contributed by atoms with Gasteiger partial charge in [-0.3, -0.25) is 15.0 Å². The zero-order chi connectivity index (χ0) is 14.1. The summed E-state index contributed by atoms with van der Waals surface area (Å²) in [5.41, 5.74) is 4.12. The van der Waals surface area contributed by atoms with Crippen molar-refractivity contribution in [1.29, 1.82) is 0 Å². The van der Waals surface area contributed by atoms with Crippen LogP contribution < -0.4 is 10.2 Å². The number of imide groups is 1. The number of methoxy groups -OCH3 is 1. The summed E-state index contributed by atoms with van der Waals surface area (Å²) in [6, 6.07) is 14.0. The Morgan fingerprint density at radius 3 is 2.40 bits per heavy atom. The molecule has 2 amide bonds. The first-order valence-corrected chi connectivity index (χ1v) is 6.10. The summed E-state index contributed by atoms with van der Waals surface area (Å²) >= 11 is 0. The number of hydrogen-bond donors (Lipinski definition) is 1. The quantitative estimate of drug-likeness (QED) is 0.868. The lowest BCUT2D eigenvalue weighted by Crippen LogP contribution is -2.35. The average Bonchev–Trinajstić information content (AvgIpc) is 2.73. The first kappa shape index (κ1) is 12.2. The number of carbonyl (C=O) groups excluding carboxylic acids is 2. The Labute approximate surface area is 115 Å². The van der Waals surface area contributed by atoms with Crippen molar-refractivity contribution >= 4 is 17.5 Å². The monoisotopic (exact) mass is 268 g/mol. The smallest absolute Gasteiger partial charge is 0.284 e. The van der Waals surface area contributed by atoms with Gasteiger partial charge < -0.3 is 4.74 Å². The van der Waals surface area contributed by atoms with E-state index in [2.05, 4.69) is 5.43 Å². The van der Waals surface area contributed by atoms with Gasteiger partial charge in [0.05, 0.1) is 23.9 Å². The summed E-state index contributed by atoms with van der Waals surface area (Å²) in [5, 5.41) is 1.00. The molecule has 1 heterocycles. The van der Waals surface area contributed by atoms with Crippen molar-refractivity contribution in [2.75, 3.05) is 12.5 Å². The van der Waals surface area contributed by atoms with Gasteiger partial charge in [-0.1, -0.05) is 24.3 Å². The molecular formula is C15H12N2O3. The molecule has 5 nitrogen and oxygen atoms in total. The molecule has 5 heteroatoms. The highest BCUT2D eigenvalue weighted by Crippen LogP contribution is 2.30. The second-order valence-electron chi connectivity index (χ2n) is 4.31. The second-order valence-corrected chi connectivity index (χ2v) is 4.31. The molecule has 1 N–H and O–H groups in total. The number of nitrogens with one attached hydrogen (secondary N) is 1. The predicted molar refractivity (Wildman–Crippen MR) is 73.6 cm³/mol. The van der Waals surface area contributed by atoms with E-state index >= 15 is 0 Å². The van der Waals surface area contributed by atoms with Crippen molar-refractivity contribution in [1.82, 2.24) is 5.01 Å². The van der Waals surface area contributed by atoms with E-state index in [0.29, 0.717) is 22.6 Å². The first-order chi connectivity index (χ1) is 9.72. The lowest BCUT2D eigenvalue weighted by molar-refractivity contribution is 0.0690. The summed E-state index contributed by atoms with van der Waals surface area (Å²) < 4.78 is 5.15. The summed E-state index contributed by atoms with van der Waals surface area (Å²) in [4.78, 5) is 24.6. The van der Waals surface area contributed by atoms with E-state index in [-0.39, 0.29) is 5.91 Å². The molecule has 2 aromatic rings. The van der Waals surface area contributed by atoms with Gasteiger partial charge in [-0.15, -0.1) is 0 Å². The fraction of sp³-hybridized carbons (Fsp3) is 0.0667. The summed E-state index contributed by atoms with van der Waals surface area (Å²) in [5.74, 6) is -0.391. The van der Waals surface area contributed by atoms with E-state index in [0.717, 1.165) is 5.01 Å². The van der Waals surface area contributed by atoms with Gasteiger partial charge in [0, 0.05) is 0 Å². The van der Waals surface area contributed by atoms with Gasteiger partial charge in [-0.25, -0.2) is 0 Å². The second kappa shape index (κ2) is 4.70. The topological polar surface area (TPSA) is 58.6 Å². The fourth-order valence-corrected chi connectivity index (χ4v) is 2.17. The van der Waals surface area contributed by atoms with E-state index in [1.807, 2.05) is 18.2 Å². The summed E-state index contributed by atoms with van der Waals surface area (Å²) in [6.45, 7) is 0. The van der Waals surface area contributed by atoms with Crippen LogP contribution in [0.5, 0.6) is 5.75 Å². The molecule has 0 atom stereocenters. The highest BCUT2D eigenvalue weighted by Gasteiger charge is 2.38. The molecule has 0 fully saturated rings. The normalized spacial score (nSPS) is 13.3. The number of ether oxygens (including phenoxy) is 1. The number of fused-ring (bicyclic) bond motifs is 1. The minimum atomic E-state index is -0.411. The van der Waals surface area contributed by atoms with Gasteiger partial charge in [0.2, 0.25) is 0 Å². The van der Waals surface area contributed by atoms with Crippen LogP contribution in [0.25, 0.3) is 0 Å². The van der Waals surface area contributed by atoms with Crippen LogP contribution in [-0.2, 0) is 0 Å². The van der Waals surface area contributed by atoms with Crippen molar-refractivity contribution in [2.45, 2.75) is 0 Å². The van der Waals surface area contributed by atoms with Crippen LogP contribution in [0.1, 0.15) is 20.7 Å². The molecule has 20 heavy (non-hydrogen) atoms. The lowest BCUT2D eigenvalue weighted by atomic mass is 10.1. The maximum atomic E-state index is 12.4. The number of hydrogen-bond acceptors (Lipinski definition) is 4. The standard InChI is InChI=1S/C15H12N2O3/c1-20-12-9-5-8-11-13(12)15(19)17(14(11)18)16-10-6-3-2-4-7-10/h2-9,16H,1H3. The number of amides is 2. The molecule has 0 bridgehead atoms. The van der Waals surface area contributed by atoms with Crippen LogP contribution in [-0.4, -0.2) is 23.9 Å². The van der Waals surface area contributed by atoms with E-state index < -0.39 is 5.91 Å². The van der Waals surface area contributed by atoms with E-state index in [1.165, 1.54) is 7.11 Å². The fourth-order valence-electron chi connectivity index (χ4n) is 2.17. The molecule has 1 aliphatic rings. The molecule has 0 unspecified atom stereocenters. The predicted octanol–water partition coefficient (Wildman–Crippen LogP) is 2.32. The van der Waals surface area contributed by atoms with E-state index in [4.69, 9.17) is 4.74 Å². The minimum absolute atomic E-state index is 0.295. The van der Waals surface area contributed by atoms with Gasteiger partial charge in [-0.2, -0.15) is 5.01 Å². The first-order valence-electron chi connectivity index (χ1n) is 6.10. The zero-order valence-electron chi connectivity index (χ0n) is 10.8. The highest BCUT2D eigenvalue weighted by molar-refractivity contribution is 6.23. The number of anilines is 1. The van der Waals surface area contributed by atoms with Gasteiger partial charge in [0.15, 0.2) is 0 Å². The average molecular weight is 268 g/mol. The van der Waals surface area contributed by atoms with Crippen LogP contribution in [0, 0.1) is 0 Å². The molecule has 0 spiro atoms. The summed E-state index contributed by atoms with van der Waals surface area (Å²) in [7, 11) is 1.47. The lowest BCUT2D eigenvalue weighted by Gasteiger charge is -2.16. The van der Waals surface area contributed by atoms with E-state index in [1.54, 1.807) is 30.3 Å². The van der Waals surface area contributed by atoms with Crippen LogP contribution >= 0.6 is 0 Å². The Bertz CT molecular complexity index is 683. The number of carbonyl (C=O) groups is 2. The van der Waals surface area contributed by atoms with Gasteiger partial charge in [-0.05, 0) is 24.3 Å². The molecule has 0 aromatic heterocycles. The Morgan fingerprint density at radius 1 is 0.950 bits per heavy atom. The van der Waals surface area contributed by atoms with Crippen molar-refractivity contribution < 1.29 is 14.3 Å². The largest absolute Gasteiger partial charge is 0.496 e. The van der Waals surface area contributed by atoms with Crippen LogP contribution in [0.2, 0.25) is 0 Å². The Morgan fingerprint density at radius 2 is 1.70 bits per heavy atom. The third-order valence-electron chi connectivity index (χ3n) is 3.11. The van der Waals surface area contributed by atoms with Crippen LogP contribution in [0.3, 0.4) is 0 Å². The maximum absolute atomic E-state index is 12.4. The van der Waals surface area contributed by atoms with Crippen molar-refractivity contribution in [3.63, 3.8) is 0 Å². The molecule has 100 valence electrons. The summed E-state index contributed by atoms with van der Waals surface area (Å²) in [6.07, 6.45) is 0. The van der Waals surface area contributed by atoms with Crippen LogP contribution in [0.4, 0.5) is 5.69 Å². The Kier molecular flexibility index (Phi) is 2.87. The van der Waals surface area contributed by atoms with Gasteiger partial charge in [0.25, 0.3) is 11.8 Å². The Balaban J connectivity index is 1.98. The van der Waals surface area contributed by atoms with E-state index in [9.17, 15) is 9.59 Å². The molecule has 2 aromatic carbocycles. The maximum Gasteiger partial charge on any atom is 0.284 e. The number of para-hydroxylation sites is 1. The molecule has 0 radical (unpaired) electrons. The number of benzene rings is 2. The number of hydrazine groups is 1. The molecular weight excluding hydrogens is 256 g/mol. The number of rotatable bonds is 3. The van der Waals surface area contributed by atoms with Crippen molar-refractivity contribution in [3.8, 4) is 5.75 Å². The third kappa shape index (κ3) is 1.80. The molecule has 0 saturated heterocycles. The number of nitrogens with zero attached hydrogens (tertiary/aromatic N) is 1. The Hall–Kier alpha value is -2.82. The SMILES string of the molecule is COc1cccc2c1C(=O)N(Nc1ccccc1)C2=O. The van der Waals surface area contributed by atoms with Gasteiger partial charge >= 0.3 is 0 Å². The van der Waals surface area contributed by atoms with Crippen molar-refractivity contribution in [2.24, 2.45) is 0 Å². The highest BCUT2D eigenvalue weighted by atomic mass is 16.5. The minimum Gasteiger partial charge on any atom is -0.496 e.